The highest BCUT2D eigenvalue weighted by molar-refractivity contribution is 5.94. The molecule has 1 aliphatic carbocycles. The van der Waals surface area contributed by atoms with Crippen molar-refractivity contribution < 1.29 is 23.5 Å². The van der Waals surface area contributed by atoms with Gasteiger partial charge in [0, 0.05) is 24.2 Å². The van der Waals surface area contributed by atoms with Crippen LogP contribution >= 0.6 is 0 Å². The number of likely N-dealkylation sites (N-methyl/N-ethyl adjacent to an activating group) is 1. The van der Waals surface area contributed by atoms with E-state index in [1.165, 1.54) is 19.4 Å². The molecule has 0 radical (unpaired) electrons. The number of nitrogens with zero attached hydrogens (tertiary/aromatic N) is 1. The third-order valence-corrected chi connectivity index (χ3v) is 5.23. The molecule has 1 amide bonds. The minimum atomic E-state index is -0.669. The maximum atomic E-state index is 12.3. The zero-order chi connectivity index (χ0) is 20.1. The summed E-state index contributed by atoms with van der Waals surface area (Å²) in [5.41, 5.74) is 1.35. The Balaban J connectivity index is 1.56. The van der Waals surface area contributed by atoms with Gasteiger partial charge in [0.2, 0.25) is 5.76 Å². The van der Waals surface area contributed by atoms with Crippen LogP contribution in [0.3, 0.4) is 0 Å². The van der Waals surface area contributed by atoms with Crippen molar-refractivity contribution in [2.45, 2.75) is 45.1 Å². The Morgan fingerprint density at radius 2 is 1.71 bits per heavy atom. The summed E-state index contributed by atoms with van der Waals surface area (Å²) in [5.74, 6) is -0.353. The maximum Gasteiger partial charge on any atom is 0.374 e. The van der Waals surface area contributed by atoms with E-state index in [2.05, 4.69) is 0 Å². The summed E-state index contributed by atoms with van der Waals surface area (Å²) < 4.78 is 10.7. The van der Waals surface area contributed by atoms with E-state index < -0.39 is 5.97 Å². The second kappa shape index (κ2) is 8.87. The largest absolute Gasteiger partial charge is 0.450 e. The second-order valence-corrected chi connectivity index (χ2v) is 7.17. The first-order valence-electron chi connectivity index (χ1n) is 9.59. The summed E-state index contributed by atoms with van der Waals surface area (Å²) in [6, 6.07) is 10.3. The molecule has 28 heavy (non-hydrogen) atoms. The van der Waals surface area contributed by atoms with Crippen molar-refractivity contribution in [2.75, 3.05) is 13.7 Å². The van der Waals surface area contributed by atoms with E-state index in [4.69, 9.17) is 9.15 Å². The van der Waals surface area contributed by atoms with Gasteiger partial charge in [0.25, 0.3) is 5.91 Å². The number of ether oxygens (including phenoxy) is 1. The SMILES string of the molecule is CC(=O)c1ccc(-c2ccc(C(=O)OCC(=O)N(C)C3CCCCC3)o2)cc1. The Kier molecular flexibility index (Phi) is 6.29. The Hall–Kier alpha value is -2.89. The van der Waals surface area contributed by atoms with Crippen LogP contribution in [0.25, 0.3) is 11.3 Å². The quantitative estimate of drug-likeness (QED) is 0.554. The number of carbonyl (C=O) groups is 3. The summed E-state index contributed by atoms with van der Waals surface area (Å²) in [7, 11) is 1.77. The van der Waals surface area contributed by atoms with Gasteiger partial charge in [-0.1, -0.05) is 43.5 Å². The molecule has 0 atom stereocenters. The lowest BCUT2D eigenvalue weighted by Crippen LogP contribution is -2.40. The van der Waals surface area contributed by atoms with Gasteiger partial charge in [0.1, 0.15) is 5.76 Å². The average Bonchev–Trinajstić information content (AvgIpc) is 3.22. The zero-order valence-electron chi connectivity index (χ0n) is 16.3. The van der Waals surface area contributed by atoms with Crippen LogP contribution in [0, 0.1) is 0 Å². The number of hydrogen-bond acceptors (Lipinski definition) is 5. The van der Waals surface area contributed by atoms with Gasteiger partial charge in [0.15, 0.2) is 12.4 Å². The highest BCUT2D eigenvalue weighted by Crippen LogP contribution is 2.24. The van der Waals surface area contributed by atoms with Crippen LogP contribution in [0.1, 0.15) is 59.9 Å². The van der Waals surface area contributed by atoms with Gasteiger partial charge in [0.05, 0.1) is 0 Å². The van der Waals surface area contributed by atoms with Gasteiger partial charge in [-0.2, -0.15) is 0 Å². The van der Waals surface area contributed by atoms with Crippen LogP contribution in [-0.2, 0) is 9.53 Å². The van der Waals surface area contributed by atoms with Crippen LogP contribution in [0.4, 0.5) is 0 Å². The molecule has 1 aromatic carbocycles. The van der Waals surface area contributed by atoms with Crippen molar-refractivity contribution in [1.29, 1.82) is 0 Å². The van der Waals surface area contributed by atoms with Crippen molar-refractivity contribution in [1.82, 2.24) is 4.90 Å². The molecule has 0 spiro atoms. The summed E-state index contributed by atoms with van der Waals surface area (Å²) in [5, 5.41) is 0. The molecule has 0 unspecified atom stereocenters. The molecular formula is C22H25NO5. The number of ketones is 1. The van der Waals surface area contributed by atoms with Crippen LogP contribution in [0.15, 0.2) is 40.8 Å². The van der Waals surface area contributed by atoms with Gasteiger partial charge in [-0.3, -0.25) is 9.59 Å². The van der Waals surface area contributed by atoms with Gasteiger partial charge >= 0.3 is 5.97 Å². The van der Waals surface area contributed by atoms with Crippen LogP contribution < -0.4 is 0 Å². The lowest BCUT2D eigenvalue weighted by Gasteiger charge is -2.31. The number of Topliss-reactive ketones (excluding diaryl/α,β-unsaturated/α-hetero) is 1. The Labute approximate surface area is 164 Å². The van der Waals surface area contributed by atoms with Crippen molar-refractivity contribution in [3.05, 3.63) is 47.7 Å². The summed E-state index contributed by atoms with van der Waals surface area (Å²) >= 11 is 0. The van der Waals surface area contributed by atoms with Gasteiger partial charge in [-0.05, 0) is 31.9 Å². The molecule has 1 fully saturated rings. The van der Waals surface area contributed by atoms with E-state index in [0.29, 0.717) is 11.3 Å². The number of amides is 1. The molecule has 1 aliphatic rings. The number of hydrogen-bond donors (Lipinski definition) is 0. The van der Waals surface area contributed by atoms with Gasteiger partial charge in [-0.15, -0.1) is 0 Å². The molecule has 1 saturated carbocycles. The lowest BCUT2D eigenvalue weighted by molar-refractivity contribution is -0.135. The van der Waals surface area contributed by atoms with Crippen molar-refractivity contribution >= 4 is 17.7 Å². The number of furan rings is 1. The van der Waals surface area contributed by atoms with Gasteiger partial charge < -0.3 is 14.1 Å². The standard InChI is InChI=1S/C22H25NO5/c1-15(24)16-8-10-17(11-9-16)19-12-13-20(28-19)22(26)27-14-21(25)23(2)18-6-4-3-5-7-18/h8-13,18H,3-7,14H2,1-2H3. The maximum absolute atomic E-state index is 12.3. The molecule has 148 valence electrons. The second-order valence-electron chi connectivity index (χ2n) is 7.17. The first-order valence-corrected chi connectivity index (χ1v) is 9.59. The molecule has 6 heteroatoms. The van der Waals surface area contributed by atoms with E-state index in [0.717, 1.165) is 31.2 Å². The monoisotopic (exact) mass is 383 g/mol. The van der Waals surface area contributed by atoms with Crippen molar-refractivity contribution in [3.63, 3.8) is 0 Å². The molecule has 0 aliphatic heterocycles. The molecule has 2 aromatic rings. The third-order valence-electron chi connectivity index (χ3n) is 5.23. The molecular weight excluding hydrogens is 358 g/mol. The summed E-state index contributed by atoms with van der Waals surface area (Å²) in [6.07, 6.45) is 5.47. The fourth-order valence-corrected chi connectivity index (χ4v) is 3.44. The molecule has 1 aromatic heterocycles. The smallest absolute Gasteiger partial charge is 0.374 e. The Morgan fingerprint density at radius 3 is 2.36 bits per heavy atom. The van der Waals surface area contributed by atoms with Gasteiger partial charge in [-0.25, -0.2) is 4.79 Å². The molecule has 1 heterocycles. The van der Waals surface area contributed by atoms with Crippen LogP contribution in [-0.4, -0.2) is 42.3 Å². The number of esters is 1. The van der Waals surface area contributed by atoms with E-state index >= 15 is 0 Å². The molecule has 0 bridgehead atoms. The topological polar surface area (TPSA) is 76.8 Å². The predicted molar refractivity (Wildman–Crippen MR) is 104 cm³/mol. The van der Waals surface area contributed by atoms with Crippen LogP contribution in [0.2, 0.25) is 0 Å². The van der Waals surface area contributed by atoms with E-state index in [9.17, 15) is 14.4 Å². The third kappa shape index (κ3) is 4.68. The van der Waals surface area contributed by atoms with E-state index in [-0.39, 0.29) is 30.1 Å². The molecule has 3 rings (SSSR count). The summed E-state index contributed by atoms with van der Waals surface area (Å²) in [6.45, 7) is 1.21. The number of carbonyl (C=O) groups excluding carboxylic acids is 3. The van der Waals surface area contributed by atoms with E-state index in [1.54, 1.807) is 42.3 Å². The van der Waals surface area contributed by atoms with Crippen molar-refractivity contribution in [2.24, 2.45) is 0 Å². The zero-order valence-corrected chi connectivity index (χ0v) is 16.3. The normalized spacial score (nSPS) is 14.5. The first kappa shape index (κ1) is 19.9. The fraction of sp³-hybridized carbons (Fsp3) is 0.409. The number of benzene rings is 1. The summed E-state index contributed by atoms with van der Waals surface area (Å²) in [4.78, 5) is 37.5. The first-order chi connectivity index (χ1) is 13.5. The highest BCUT2D eigenvalue weighted by atomic mass is 16.5. The predicted octanol–water partition coefficient (Wildman–Crippen LogP) is 4.10. The highest BCUT2D eigenvalue weighted by Gasteiger charge is 2.23. The molecule has 6 nitrogen and oxygen atoms in total. The lowest BCUT2D eigenvalue weighted by atomic mass is 9.94. The number of rotatable bonds is 6. The molecule has 0 saturated heterocycles. The molecule has 0 N–H and O–H groups in total. The minimum Gasteiger partial charge on any atom is -0.450 e. The minimum absolute atomic E-state index is 0.0156. The van der Waals surface area contributed by atoms with E-state index in [1.807, 2.05) is 0 Å². The van der Waals surface area contributed by atoms with Crippen molar-refractivity contribution in [3.8, 4) is 11.3 Å². The Bertz CT molecular complexity index is 846. The Morgan fingerprint density at radius 1 is 1.04 bits per heavy atom. The average molecular weight is 383 g/mol. The fourth-order valence-electron chi connectivity index (χ4n) is 3.44. The van der Waals surface area contributed by atoms with Crippen LogP contribution in [0.5, 0.6) is 0 Å².